The molecule has 1 aliphatic rings. The van der Waals surface area contributed by atoms with Gasteiger partial charge < -0.3 is 14.6 Å². The summed E-state index contributed by atoms with van der Waals surface area (Å²) in [6, 6.07) is 22.6. The van der Waals surface area contributed by atoms with E-state index in [1.807, 2.05) is 43.3 Å². The fourth-order valence-corrected chi connectivity index (χ4v) is 4.47. The second-order valence-corrected chi connectivity index (χ2v) is 8.88. The maximum absolute atomic E-state index is 13.6. The van der Waals surface area contributed by atoms with Gasteiger partial charge in [-0.1, -0.05) is 35.9 Å². The van der Waals surface area contributed by atoms with E-state index in [4.69, 9.17) is 16.0 Å². The van der Waals surface area contributed by atoms with Crippen molar-refractivity contribution in [3.05, 3.63) is 118 Å². The number of hydrogen-bond acceptors (Lipinski definition) is 3. The summed E-state index contributed by atoms with van der Waals surface area (Å²) in [5, 5.41) is 3.51. The number of nitrogens with one attached hydrogen (secondary N) is 1. The molecule has 34 heavy (non-hydrogen) atoms. The molecule has 0 unspecified atom stereocenters. The van der Waals surface area contributed by atoms with Gasteiger partial charge in [0.25, 0.3) is 5.91 Å². The monoisotopic (exact) mass is 470 g/mol. The Bertz CT molecular complexity index is 1370. The molecule has 0 radical (unpaired) electrons. The topological polar surface area (TPSA) is 62.6 Å². The highest BCUT2D eigenvalue weighted by Gasteiger charge is 2.25. The maximum Gasteiger partial charge on any atom is 0.258 e. The molecule has 0 saturated carbocycles. The van der Waals surface area contributed by atoms with E-state index >= 15 is 0 Å². The van der Waals surface area contributed by atoms with Gasteiger partial charge in [0, 0.05) is 22.0 Å². The number of amides is 2. The number of carbonyl (C=O) groups excluding carboxylic acids is 2. The first-order chi connectivity index (χ1) is 16.5. The minimum atomic E-state index is -0.174. The fraction of sp³-hybridized carbons (Fsp3) is 0.143. The van der Waals surface area contributed by atoms with E-state index in [1.165, 1.54) is 5.56 Å². The van der Waals surface area contributed by atoms with Crippen LogP contribution in [0.3, 0.4) is 0 Å². The average Bonchev–Trinajstić information content (AvgIpc) is 3.15. The van der Waals surface area contributed by atoms with Crippen LogP contribution >= 0.6 is 11.6 Å². The number of carbonyl (C=O) groups is 2. The predicted octanol–water partition coefficient (Wildman–Crippen LogP) is 6.17. The summed E-state index contributed by atoms with van der Waals surface area (Å²) in [6.45, 7) is 2.38. The van der Waals surface area contributed by atoms with Crippen molar-refractivity contribution >= 4 is 34.8 Å². The second-order valence-electron chi connectivity index (χ2n) is 8.44. The van der Waals surface area contributed by atoms with Gasteiger partial charge >= 0.3 is 0 Å². The lowest BCUT2D eigenvalue weighted by Crippen LogP contribution is -2.30. The first kappa shape index (κ1) is 22.0. The van der Waals surface area contributed by atoms with Crippen LogP contribution in [-0.2, 0) is 24.2 Å². The van der Waals surface area contributed by atoms with Crippen molar-refractivity contribution in [2.45, 2.75) is 26.3 Å². The Hall–Kier alpha value is -3.83. The minimum Gasteiger partial charge on any atom is -0.469 e. The van der Waals surface area contributed by atoms with E-state index in [1.54, 1.807) is 35.4 Å². The molecule has 5 rings (SSSR count). The number of halogens is 1. The summed E-state index contributed by atoms with van der Waals surface area (Å²) in [5.74, 6) is 0.362. The Morgan fingerprint density at radius 2 is 1.74 bits per heavy atom. The van der Waals surface area contributed by atoms with Gasteiger partial charge in [0.15, 0.2) is 0 Å². The summed E-state index contributed by atoms with van der Waals surface area (Å²) in [6.07, 6.45) is 2.45. The minimum absolute atomic E-state index is 0.107. The van der Waals surface area contributed by atoms with E-state index in [2.05, 4.69) is 17.4 Å². The zero-order valence-corrected chi connectivity index (χ0v) is 19.4. The number of benzene rings is 3. The molecule has 1 aliphatic heterocycles. The average molecular weight is 471 g/mol. The fourth-order valence-electron chi connectivity index (χ4n) is 4.27. The third kappa shape index (κ3) is 4.47. The van der Waals surface area contributed by atoms with Crippen LogP contribution in [-0.4, -0.2) is 11.8 Å². The van der Waals surface area contributed by atoms with Crippen LogP contribution in [0.1, 0.15) is 38.4 Å². The third-order valence-corrected chi connectivity index (χ3v) is 6.35. The molecule has 0 saturated heterocycles. The normalized spacial score (nSPS) is 12.5. The highest BCUT2D eigenvalue weighted by Crippen LogP contribution is 2.33. The molecular formula is C28H23ClN2O3. The number of anilines is 2. The first-order valence-corrected chi connectivity index (χ1v) is 11.5. The van der Waals surface area contributed by atoms with E-state index in [0.717, 1.165) is 28.8 Å². The van der Waals surface area contributed by atoms with Gasteiger partial charge in [0.1, 0.15) is 5.76 Å². The number of nitrogens with zero attached hydrogens (tertiary/aromatic N) is 1. The largest absolute Gasteiger partial charge is 0.469 e. The Morgan fingerprint density at radius 3 is 2.47 bits per heavy atom. The highest BCUT2D eigenvalue weighted by atomic mass is 35.5. The molecule has 170 valence electrons. The molecule has 0 spiro atoms. The molecule has 1 aromatic heterocycles. The van der Waals surface area contributed by atoms with Gasteiger partial charge in [0.2, 0.25) is 5.91 Å². The lowest BCUT2D eigenvalue weighted by molar-refractivity contribution is -0.115. The van der Waals surface area contributed by atoms with Crippen LogP contribution in [0.15, 0.2) is 83.5 Å². The van der Waals surface area contributed by atoms with Crippen LogP contribution in [0.5, 0.6) is 0 Å². The smallest absolute Gasteiger partial charge is 0.258 e. The summed E-state index contributed by atoms with van der Waals surface area (Å²) in [4.78, 5) is 27.7. The van der Waals surface area contributed by atoms with Crippen molar-refractivity contribution in [2.24, 2.45) is 0 Å². The van der Waals surface area contributed by atoms with Gasteiger partial charge in [-0.25, -0.2) is 0 Å². The Balaban J connectivity index is 1.37. The van der Waals surface area contributed by atoms with Gasteiger partial charge in [-0.05, 0) is 84.1 Å². The van der Waals surface area contributed by atoms with Crippen molar-refractivity contribution in [1.82, 2.24) is 0 Å². The number of furan rings is 1. The third-order valence-electron chi connectivity index (χ3n) is 6.11. The van der Waals surface area contributed by atoms with E-state index in [0.29, 0.717) is 28.6 Å². The van der Waals surface area contributed by atoms with Gasteiger partial charge in [0.05, 0.1) is 19.2 Å². The molecule has 2 heterocycles. The quantitative estimate of drug-likeness (QED) is 0.387. The van der Waals surface area contributed by atoms with E-state index < -0.39 is 0 Å². The molecule has 0 aliphatic carbocycles. The van der Waals surface area contributed by atoms with E-state index in [9.17, 15) is 9.59 Å². The standard InChI is InChI=1S/C28H23ClN2O3/c1-18-12-13-34-26(18)16-27(32)30-24-9-6-19(7-10-24)28(33)31-17-21-5-3-2-4-20(21)14-22-15-23(29)8-11-25(22)31/h2-13,15H,14,16-17H2,1H3,(H,30,32). The molecule has 2 amide bonds. The molecule has 1 N–H and O–H groups in total. The Kier molecular flexibility index (Phi) is 5.95. The van der Waals surface area contributed by atoms with Crippen molar-refractivity contribution in [3.8, 4) is 0 Å². The van der Waals surface area contributed by atoms with Gasteiger partial charge in [-0.15, -0.1) is 0 Å². The van der Waals surface area contributed by atoms with Gasteiger partial charge in [-0.3, -0.25) is 9.59 Å². The highest BCUT2D eigenvalue weighted by molar-refractivity contribution is 6.30. The molecular weight excluding hydrogens is 448 g/mol. The number of rotatable bonds is 4. The SMILES string of the molecule is Cc1ccoc1CC(=O)Nc1ccc(C(=O)N2Cc3ccccc3Cc3cc(Cl)ccc32)cc1. The zero-order valence-electron chi connectivity index (χ0n) is 18.7. The number of fused-ring (bicyclic) bond motifs is 2. The predicted molar refractivity (Wildman–Crippen MR) is 133 cm³/mol. The summed E-state index contributed by atoms with van der Waals surface area (Å²) in [5.41, 5.74) is 6.28. The summed E-state index contributed by atoms with van der Waals surface area (Å²) >= 11 is 6.27. The number of aryl methyl sites for hydroxylation is 1. The van der Waals surface area contributed by atoms with Crippen LogP contribution in [0.25, 0.3) is 0 Å². The lowest BCUT2D eigenvalue weighted by atomic mass is 10.0. The van der Waals surface area contributed by atoms with Crippen molar-refractivity contribution in [2.75, 3.05) is 10.2 Å². The zero-order chi connectivity index (χ0) is 23.7. The van der Waals surface area contributed by atoms with Crippen LogP contribution in [0.2, 0.25) is 5.02 Å². The van der Waals surface area contributed by atoms with Crippen molar-refractivity contribution in [3.63, 3.8) is 0 Å². The molecule has 3 aromatic carbocycles. The molecule has 4 aromatic rings. The van der Waals surface area contributed by atoms with Crippen molar-refractivity contribution in [1.29, 1.82) is 0 Å². The maximum atomic E-state index is 13.6. The van der Waals surface area contributed by atoms with Crippen LogP contribution in [0.4, 0.5) is 11.4 Å². The van der Waals surface area contributed by atoms with Gasteiger partial charge in [-0.2, -0.15) is 0 Å². The Labute approximate surface area is 203 Å². The first-order valence-electron chi connectivity index (χ1n) is 11.1. The molecule has 5 nitrogen and oxygen atoms in total. The molecule has 0 fully saturated rings. The molecule has 6 heteroatoms. The van der Waals surface area contributed by atoms with E-state index in [-0.39, 0.29) is 18.2 Å². The second kappa shape index (κ2) is 9.20. The molecule has 0 atom stereocenters. The Morgan fingerprint density at radius 1 is 0.971 bits per heavy atom. The lowest BCUT2D eigenvalue weighted by Gasteiger charge is -2.24. The summed E-state index contributed by atoms with van der Waals surface area (Å²) in [7, 11) is 0. The molecule has 0 bridgehead atoms. The van der Waals surface area contributed by atoms with Crippen LogP contribution in [0, 0.1) is 6.92 Å². The summed E-state index contributed by atoms with van der Waals surface area (Å²) < 4.78 is 5.34. The van der Waals surface area contributed by atoms with Crippen molar-refractivity contribution < 1.29 is 14.0 Å². The van der Waals surface area contributed by atoms with Crippen LogP contribution < -0.4 is 10.2 Å². The number of hydrogen-bond donors (Lipinski definition) is 1.